The third kappa shape index (κ3) is 4.64. The maximum atomic E-state index is 12.6. The van der Waals surface area contributed by atoms with Gasteiger partial charge >= 0.3 is 0 Å². The van der Waals surface area contributed by atoms with Gasteiger partial charge in [0.15, 0.2) is 0 Å². The molecule has 26 heavy (non-hydrogen) atoms. The molecule has 1 aromatic carbocycles. The summed E-state index contributed by atoms with van der Waals surface area (Å²) < 4.78 is 0. The van der Waals surface area contributed by atoms with Crippen LogP contribution in [0.15, 0.2) is 24.3 Å². The monoisotopic (exact) mass is 357 g/mol. The molecule has 0 saturated carbocycles. The zero-order valence-electron chi connectivity index (χ0n) is 16.1. The number of hydrogen-bond donors (Lipinski definition) is 0. The summed E-state index contributed by atoms with van der Waals surface area (Å²) in [4.78, 5) is 31.1. The molecule has 3 rings (SSSR count). The Kier molecular flexibility index (Phi) is 6.30. The number of aryl methyl sites for hydroxylation is 1. The standard InChI is InChI=1S/C21H31N3O2/c1-17-7-3-4-8-19(17)15-22(2)20(25)16-23-13-9-18(10-14-23)21(26)24-11-5-6-12-24/h3-4,7-8,18H,5-6,9-16H2,1-2H3. The molecule has 0 spiro atoms. The average Bonchev–Trinajstić information content (AvgIpc) is 3.18. The van der Waals surface area contributed by atoms with E-state index in [1.807, 2.05) is 29.0 Å². The van der Waals surface area contributed by atoms with Crippen molar-refractivity contribution in [2.24, 2.45) is 5.92 Å². The summed E-state index contributed by atoms with van der Waals surface area (Å²) >= 11 is 0. The normalized spacial score (nSPS) is 18.9. The van der Waals surface area contributed by atoms with Crippen molar-refractivity contribution in [2.75, 3.05) is 39.8 Å². The van der Waals surface area contributed by atoms with Gasteiger partial charge in [-0.2, -0.15) is 0 Å². The van der Waals surface area contributed by atoms with Crippen molar-refractivity contribution in [3.05, 3.63) is 35.4 Å². The van der Waals surface area contributed by atoms with Gasteiger partial charge in [-0.1, -0.05) is 24.3 Å². The van der Waals surface area contributed by atoms with E-state index in [-0.39, 0.29) is 11.8 Å². The predicted molar refractivity (Wildman–Crippen MR) is 103 cm³/mol. The Hall–Kier alpha value is -1.88. The molecular formula is C21H31N3O2. The molecule has 142 valence electrons. The molecule has 2 saturated heterocycles. The van der Waals surface area contributed by atoms with E-state index < -0.39 is 0 Å². The molecule has 5 nitrogen and oxygen atoms in total. The van der Waals surface area contributed by atoms with Crippen LogP contribution in [0.2, 0.25) is 0 Å². The van der Waals surface area contributed by atoms with Gasteiger partial charge in [0, 0.05) is 32.6 Å². The minimum absolute atomic E-state index is 0.151. The topological polar surface area (TPSA) is 43.9 Å². The van der Waals surface area contributed by atoms with Gasteiger partial charge in [0.25, 0.3) is 0 Å². The van der Waals surface area contributed by atoms with E-state index in [4.69, 9.17) is 0 Å². The summed E-state index contributed by atoms with van der Waals surface area (Å²) in [6.45, 7) is 6.73. The molecule has 5 heteroatoms. The first-order valence-corrected chi connectivity index (χ1v) is 9.84. The molecule has 0 N–H and O–H groups in total. The fraction of sp³-hybridized carbons (Fsp3) is 0.619. The van der Waals surface area contributed by atoms with Crippen LogP contribution in [0.3, 0.4) is 0 Å². The second-order valence-corrected chi connectivity index (χ2v) is 7.76. The first kappa shape index (κ1) is 18.9. The van der Waals surface area contributed by atoms with Crippen LogP contribution >= 0.6 is 0 Å². The highest BCUT2D eigenvalue weighted by molar-refractivity contribution is 5.79. The molecule has 2 aliphatic rings. The minimum Gasteiger partial charge on any atom is -0.342 e. The van der Waals surface area contributed by atoms with Gasteiger partial charge in [0.1, 0.15) is 0 Å². The molecular weight excluding hydrogens is 326 g/mol. The van der Waals surface area contributed by atoms with E-state index in [1.165, 1.54) is 11.1 Å². The highest BCUT2D eigenvalue weighted by atomic mass is 16.2. The molecule has 1 aromatic rings. The first-order valence-electron chi connectivity index (χ1n) is 9.84. The van der Waals surface area contributed by atoms with E-state index in [9.17, 15) is 9.59 Å². The van der Waals surface area contributed by atoms with Gasteiger partial charge < -0.3 is 9.80 Å². The number of likely N-dealkylation sites (N-methyl/N-ethyl adjacent to an activating group) is 1. The van der Waals surface area contributed by atoms with Crippen molar-refractivity contribution in [3.8, 4) is 0 Å². The number of hydrogen-bond acceptors (Lipinski definition) is 3. The summed E-state index contributed by atoms with van der Waals surface area (Å²) in [6.07, 6.45) is 4.05. The number of nitrogens with zero attached hydrogens (tertiary/aromatic N) is 3. The van der Waals surface area contributed by atoms with Crippen molar-refractivity contribution in [2.45, 2.75) is 39.2 Å². The summed E-state index contributed by atoms with van der Waals surface area (Å²) in [5, 5.41) is 0. The number of likely N-dealkylation sites (tertiary alicyclic amines) is 2. The molecule has 0 aliphatic carbocycles. The lowest BCUT2D eigenvalue weighted by atomic mass is 9.95. The van der Waals surface area contributed by atoms with Crippen molar-refractivity contribution >= 4 is 11.8 Å². The van der Waals surface area contributed by atoms with Crippen LogP contribution in [0.5, 0.6) is 0 Å². The highest BCUT2D eigenvalue weighted by Gasteiger charge is 2.30. The number of benzene rings is 1. The van der Waals surface area contributed by atoms with Gasteiger partial charge in [0.05, 0.1) is 6.54 Å². The fourth-order valence-electron chi connectivity index (χ4n) is 3.98. The van der Waals surface area contributed by atoms with Crippen molar-refractivity contribution in [3.63, 3.8) is 0 Å². The van der Waals surface area contributed by atoms with Crippen LogP contribution in [0, 0.1) is 12.8 Å². The Labute approximate surface area is 156 Å². The fourth-order valence-corrected chi connectivity index (χ4v) is 3.98. The number of piperidine rings is 1. The third-order valence-corrected chi connectivity index (χ3v) is 5.81. The lowest BCUT2D eigenvalue weighted by molar-refractivity contribution is -0.136. The number of carbonyl (C=O) groups excluding carboxylic acids is 2. The van der Waals surface area contributed by atoms with Crippen LogP contribution < -0.4 is 0 Å². The molecule has 0 atom stereocenters. The zero-order valence-corrected chi connectivity index (χ0v) is 16.1. The molecule has 0 aromatic heterocycles. The number of amides is 2. The molecule has 2 fully saturated rings. The van der Waals surface area contributed by atoms with Crippen LogP contribution in [-0.4, -0.2) is 66.3 Å². The largest absolute Gasteiger partial charge is 0.342 e. The van der Waals surface area contributed by atoms with E-state index >= 15 is 0 Å². The maximum absolute atomic E-state index is 12.6. The van der Waals surface area contributed by atoms with E-state index in [2.05, 4.69) is 24.0 Å². The van der Waals surface area contributed by atoms with E-state index in [0.717, 1.165) is 51.9 Å². The minimum atomic E-state index is 0.151. The molecule has 0 bridgehead atoms. The Balaban J connectivity index is 1.44. The predicted octanol–water partition coefficient (Wildman–Crippen LogP) is 2.29. The van der Waals surface area contributed by atoms with Gasteiger partial charge in [-0.25, -0.2) is 0 Å². The number of carbonyl (C=O) groups is 2. The van der Waals surface area contributed by atoms with Gasteiger partial charge in [-0.15, -0.1) is 0 Å². The molecule has 2 amide bonds. The van der Waals surface area contributed by atoms with Crippen LogP contribution in [-0.2, 0) is 16.1 Å². The summed E-state index contributed by atoms with van der Waals surface area (Å²) in [6, 6.07) is 8.20. The van der Waals surface area contributed by atoms with E-state index in [0.29, 0.717) is 19.0 Å². The van der Waals surface area contributed by atoms with Crippen molar-refractivity contribution in [1.82, 2.24) is 14.7 Å². The third-order valence-electron chi connectivity index (χ3n) is 5.81. The van der Waals surface area contributed by atoms with Crippen LogP contribution in [0.25, 0.3) is 0 Å². The zero-order chi connectivity index (χ0) is 18.5. The number of rotatable bonds is 5. The Morgan fingerprint density at radius 2 is 1.73 bits per heavy atom. The smallest absolute Gasteiger partial charge is 0.236 e. The Morgan fingerprint density at radius 3 is 2.38 bits per heavy atom. The van der Waals surface area contributed by atoms with Crippen molar-refractivity contribution in [1.29, 1.82) is 0 Å². The average molecular weight is 357 g/mol. The summed E-state index contributed by atoms with van der Waals surface area (Å²) in [5.41, 5.74) is 2.41. The second kappa shape index (κ2) is 8.67. The Bertz CT molecular complexity index is 632. The lowest BCUT2D eigenvalue weighted by Gasteiger charge is -2.33. The quantitative estimate of drug-likeness (QED) is 0.812. The maximum Gasteiger partial charge on any atom is 0.236 e. The van der Waals surface area contributed by atoms with E-state index in [1.54, 1.807) is 0 Å². The van der Waals surface area contributed by atoms with Crippen LogP contribution in [0.4, 0.5) is 0 Å². The lowest BCUT2D eigenvalue weighted by Crippen LogP contribution is -2.45. The van der Waals surface area contributed by atoms with Gasteiger partial charge in [0.2, 0.25) is 11.8 Å². The van der Waals surface area contributed by atoms with Crippen molar-refractivity contribution < 1.29 is 9.59 Å². The Morgan fingerprint density at radius 1 is 1.08 bits per heavy atom. The SMILES string of the molecule is Cc1ccccc1CN(C)C(=O)CN1CCC(C(=O)N2CCCC2)CC1. The second-order valence-electron chi connectivity index (χ2n) is 7.76. The highest BCUT2D eigenvalue weighted by Crippen LogP contribution is 2.22. The van der Waals surface area contributed by atoms with Crippen LogP contribution in [0.1, 0.15) is 36.8 Å². The van der Waals surface area contributed by atoms with Gasteiger partial charge in [-0.05, 0) is 56.8 Å². The molecule has 0 radical (unpaired) electrons. The summed E-state index contributed by atoms with van der Waals surface area (Å²) in [7, 11) is 1.87. The first-order chi connectivity index (χ1) is 12.5. The molecule has 2 heterocycles. The summed E-state index contributed by atoms with van der Waals surface area (Å²) in [5.74, 6) is 0.645. The molecule has 2 aliphatic heterocycles. The molecule has 0 unspecified atom stereocenters. The van der Waals surface area contributed by atoms with Gasteiger partial charge in [-0.3, -0.25) is 14.5 Å².